The number of rotatable bonds is 26. The largest absolute Gasteiger partial charge is 0.461 e. The van der Waals surface area contributed by atoms with Crippen molar-refractivity contribution in [1.29, 1.82) is 0 Å². The molecule has 2 N–H and O–H groups in total. The van der Waals surface area contributed by atoms with E-state index in [0.717, 1.165) is 63.4 Å². The normalized spacial score (nSPS) is 20.9. The summed E-state index contributed by atoms with van der Waals surface area (Å²) >= 11 is 0. The lowest BCUT2D eigenvalue weighted by molar-refractivity contribution is -0.191. The summed E-state index contributed by atoms with van der Waals surface area (Å²) in [4.78, 5) is 47.4. The third-order valence-corrected chi connectivity index (χ3v) is 9.69. The molecule has 9 heteroatoms. The number of hydrogen-bond donors (Lipinski definition) is 2. The van der Waals surface area contributed by atoms with Gasteiger partial charge in [-0.15, -0.1) is 0 Å². The van der Waals surface area contributed by atoms with Gasteiger partial charge in [0.15, 0.2) is 0 Å². The number of ether oxygens (including phenoxy) is 3. The highest BCUT2D eigenvalue weighted by Gasteiger charge is 2.44. The highest BCUT2D eigenvalue weighted by Crippen LogP contribution is 2.33. The van der Waals surface area contributed by atoms with E-state index in [1.807, 2.05) is 62.4 Å². The zero-order valence-electron chi connectivity index (χ0n) is 31.6. The number of aliphatic hydroxyl groups excluding tert-OH is 1. The smallest absolute Gasteiger partial charge is 0.329 e. The molecule has 0 bridgehead atoms. The summed E-state index contributed by atoms with van der Waals surface area (Å²) in [6.07, 6.45) is 23.0. The Morgan fingerprint density at radius 2 is 1.37 bits per heavy atom. The molecule has 0 saturated carbocycles. The number of aliphatic hydroxyl groups is 1. The Morgan fingerprint density at radius 1 is 0.827 bits per heavy atom. The zero-order valence-corrected chi connectivity index (χ0v) is 31.6. The fourth-order valence-corrected chi connectivity index (χ4v) is 6.57. The lowest BCUT2D eigenvalue weighted by Gasteiger charge is -2.37. The average Bonchev–Trinajstić information content (AvgIpc) is 3.11. The molecule has 7 atom stereocenters. The number of hydrogen-bond acceptors (Lipinski definition) is 8. The summed E-state index contributed by atoms with van der Waals surface area (Å²) in [5.74, 6) is -0.746. The van der Waals surface area contributed by atoms with Gasteiger partial charge in [0.2, 0.25) is 6.41 Å². The maximum Gasteiger partial charge on any atom is 0.329 e. The maximum atomic E-state index is 12.9. The van der Waals surface area contributed by atoms with Crippen LogP contribution in [0.2, 0.25) is 0 Å². The molecule has 1 aromatic carbocycles. The average molecular weight is 728 g/mol. The number of carbonyl (C=O) groups excluding carboxylic acids is 4. The quantitative estimate of drug-likeness (QED) is 0.0319. The van der Waals surface area contributed by atoms with Gasteiger partial charge < -0.3 is 24.6 Å². The summed E-state index contributed by atoms with van der Waals surface area (Å²) in [7, 11) is 0. The number of esters is 3. The van der Waals surface area contributed by atoms with E-state index in [9.17, 15) is 24.3 Å². The highest BCUT2D eigenvalue weighted by atomic mass is 16.6. The van der Waals surface area contributed by atoms with E-state index in [2.05, 4.69) is 25.2 Å². The Hall–Kier alpha value is -3.46. The van der Waals surface area contributed by atoms with Gasteiger partial charge in [-0.1, -0.05) is 127 Å². The molecule has 2 fully saturated rings. The molecule has 1 aromatic rings. The van der Waals surface area contributed by atoms with Gasteiger partial charge in [0.1, 0.15) is 24.4 Å². The summed E-state index contributed by atoms with van der Waals surface area (Å²) < 4.78 is 16.4. The predicted octanol–water partition coefficient (Wildman–Crippen LogP) is 8.76. The second kappa shape index (κ2) is 28.1. The molecule has 2 saturated heterocycles. The number of carbonyl (C=O) groups is 4. The van der Waals surface area contributed by atoms with Crippen LogP contribution in [0.5, 0.6) is 0 Å². The highest BCUT2D eigenvalue weighted by molar-refractivity contribution is 5.80. The minimum absolute atomic E-state index is 0. The predicted molar refractivity (Wildman–Crippen MR) is 207 cm³/mol. The standard InChI is InChI=1S/C26H37NO5.C16H28O3.CH4/c1-3-5-7-12-16-22-24(32-25(22)29)18-21(15-9-6-4-2)31-26(30)23(27-19-28)17-20-13-10-8-11-14-20;1-3-5-7-9-11-14-15(19-16(14)18)12-13(17)10-8-6-4-2;/h4,6,8,10-11,13-14,19,21-24H,3,5,7,9,12,15-18H2,1-2H3,(H,27,28);4,6,13-15,17H,3,5,7-12H2,1-2H3;1H4/t21-,22-,23-,24-;13-,14+,15+;/m01./s1. The van der Waals surface area contributed by atoms with Crippen LogP contribution < -0.4 is 5.32 Å². The molecule has 0 aliphatic carbocycles. The van der Waals surface area contributed by atoms with Crippen molar-refractivity contribution in [2.45, 2.75) is 175 Å². The second-order valence-corrected chi connectivity index (χ2v) is 13.9. The number of allylic oxidation sites excluding steroid dienone is 4. The van der Waals surface area contributed by atoms with Crippen LogP contribution in [0.4, 0.5) is 0 Å². The van der Waals surface area contributed by atoms with Crippen LogP contribution in [0, 0.1) is 11.8 Å². The van der Waals surface area contributed by atoms with Gasteiger partial charge in [-0.3, -0.25) is 14.4 Å². The van der Waals surface area contributed by atoms with Crippen LogP contribution in [0.15, 0.2) is 54.6 Å². The van der Waals surface area contributed by atoms with Gasteiger partial charge in [0.25, 0.3) is 0 Å². The second-order valence-electron chi connectivity index (χ2n) is 13.9. The Balaban J connectivity index is 0.000000579. The first-order valence-corrected chi connectivity index (χ1v) is 19.5. The molecule has 0 aromatic heterocycles. The van der Waals surface area contributed by atoms with E-state index in [0.29, 0.717) is 32.1 Å². The summed E-state index contributed by atoms with van der Waals surface area (Å²) in [5.41, 5.74) is 0.939. The monoisotopic (exact) mass is 728 g/mol. The minimum Gasteiger partial charge on any atom is -0.461 e. The molecular formula is C43H69NO8. The van der Waals surface area contributed by atoms with E-state index in [-0.39, 0.29) is 55.6 Å². The van der Waals surface area contributed by atoms with Crippen LogP contribution in [0.25, 0.3) is 0 Å². The van der Waals surface area contributed by atoms with Crippen LogP contribution in [-0.4, -0.2) is 59.9 Å². The zero-order chi connectivity index (χ0) is 37.3. The Kier molecular flexibility index (Phi) is 25.2. The van der Waals surface area contributed by atoms with Crippen LogP contribution in [0.3, 0.4) is 0 Å². The number of unbranched alkanes of at least 4 members (excludes halogenated alkanes) is 6. The number of amides is 1. The lowest BCUT2D eigenvalue weighted by Crippen LogP contribution is -2.48. The fraction of sp³-hybridized carbons (Fsp3) is 0.674. The van der Waals surface area contributed by atoms with Crippen LogP contribution in [-0.2, 0) is 39.8 Å². The van der Waals surface area contributed by atoms with Crippen molar-refractivity contribution in [2.75, 3.05) is 0 Å². The molecule has 294 valence electrons. The number of cyclic esters (lactones) is 2. The van der Waals surface area contributed by atoms with E-state index >= 15 is 0 Å². The van der Waals surface area contributed by atoms with Crippen LogP contribution in [0.1, 0.15) is 143 Å². The lowest BCUT2D eigenvalue weighted by atomic mass is 9.86. The van der Waals surface area contributed by atoms with Crippen molar-refractivity contribution in [3.05, 3.63) is 60.2 Å². The molecule has 2 aliphatic rings. The summed E-state index contributed by atoms with van der Waals surface area (Å²) in [5, 5.41) is 12.5. The number of benzene rings is 1. The summed E-state index contributed by atoms with van der Waals surface area (Å²) in [6.45, 7) is 8.27. The topological polar surface area (TPSA) is 128 Å². The van der Waals surface area contributed by atoms with Gasteiger partial charge in [0.05, 0.1) is 17.9 Å². The van der Waals surface area contributed by atoms with E-state index in [4.69, 9.17) is 14.2 Å². The third-order valence-electron chi connectivity index (χ3n) is 9.69. The van der Waals surface area contributed by atoms with E-state index in [1.165, 1.54) is 25.7 Å². The molecule has 2 aliphatic heterocycles. The molecule has 1 amide bonds. The number of nitrogens with one attached hydrogen (secondary N) is 1. The molecule has 0 unspecified atom stereocenters. The van der Waals surface area contributed by atoms with Crippen molar-refractivity contribution < 1.29 is 38.5 Å². The Bertz CT molecular complexity index is 1180. The van der Waals surface area contributed by atoms with Gasteiger partial charge in [-0.05, 0) is 57.9 Å². The fourth-order valence-electron chi connectivity index (χ4n) is 6.57. The first-order valence-electron chi connectivity index (χ1n) is 19.5. The molecule has 0 spiro atoms. The SMILES string of the molecule is C.CC=CCC[C@@H](C[C@@H]1OC(=O)[C@H]1CCCCCC)OC(=O)[C@H](Cc1ccccc1)NC=O.CC=CCC[C@@H](O)C[C@@H]1OC(=O)[C@H]1CCCCCC. The molecule has 0 radical (unpaired) electrons. The Labute approximate surface area is 314 Å². The Morgan fingerprint density at radius 3 is 1.87 bits per heavy atom. The van der Waals surface area contributed by atoms with Crippen molar-refractivity contribution in [1.82, 2.24) is 5.32 Å². The first kappa shape index (κ1) is 46.6. The van der Waals surface area contributed by atoms with Crippen molar-refractivity contribution in [3.63, 3.8) is 0 Å². The van der Waals surface area contributed by atoms with Crippen molar-refractivity contribution in [3.8, 4) is 0 Å². The van der Waals surface area contributed by atoms with Crippen LogP contribution >= 0.6 is 0 Å². The van der Waals surface area contributed by atoms with E-state index in [1.54, 1.807) is 0 Å². The van der Waals surface area contributed by atoms with Gasteiger partial charge in [-0.25, -0.2) is 4.79 Å². The first-order chi connectivity index (χ1) is 24.8. The molecule has 52 heavy (non-hydrogen) atoms. The molecule has 3 rings (SSSR count). The van der Waals surface area contributed by atoms with Crippen molar-refractivity contribution in [2.24, 2.45) is 11.8 Å². The molecular weight excluding hydrogens is 658 g/mol. The van der Waals surface area contributed by atoms with Gasteiger partial charge >= 0.3 is 17.9 Å². The van der Waals surface area contributed by atoms with E-state index < -0.39 is 12.0 Å². The van der Waals surface area contributed by atoms with Gasteiger partial charge in [0, 0.05) is 19.3 Å². The maximum absolute atomic E-state index is 12.9. The molecule has 2 heterocycles. The van der Waals surface area contributed by atoms with Crippen molar-refractivity contribution >= 4 is 24.3 Å². The third kappa shape index (κ3) is 17.8. The summed E-state index contributed by atoms with van der Waals surface area (Å²) in [6, 6.07) is 8.75. The van der Waals surface area contributed by atoms with Gasteiger partial charge in [-0.2, -0.15) is 0 Å². The minimum atomic E-state index is -0.757. The molecule has 9 nitrogen and oxygen atoms in total.